The number of aromatic nitrogens is 4. The summed E-state index contributed by atoms with van der Waals surface area (Å²) in [6.45, 7) is 6.29. The van der Waals surface area contributed by atoms with Crippen LogP contribution in [0.1, 0.15) is 61.8 Å². The van der Waals surface area contributed by atoms with E-state index in [0.29, 0.717) is 42.7 Å². The molecule has 11 nitrogen and oxygen atoms in total. The summed E-state index contributed by atoms with van der Waals surface area (Å²) in [4.78, 5) is 50.6. The Bertz CT molecular complexity index is 2140. The van der Waals surface area contributed by atoms with Crippen LogP contribution >= 0.6 is 11.6 Å². The van der Waals surface area contributed by atoms with Gasteiger partial charge in [0, 0.05) is 53.5 Å². The van der Waals surface area contributed by atoms with Crippen molar-refractivity contribution in [2.24, 2.45) is 4.99 Å². The Morgan fingerprint density at radius 2 is 1.54 bits per heavy atom. The largest absolute Gasteiger partial charge is 0.466 e. The number of aldehydes is 1. The smallest absolute Gasteiger partial charge is 0.341 e. The van der Waals surface area contributed by atoms with E-state index in [1.807, 2.05) is 71.3 Å². The number of carbonyl (C=O) groups excluding carboxylic acids is 3. The molecule has 5 heterocycles. The SMILES string of the molecule is C.CCO.CCOC(=O)CC1=NC=CC1.CCOC(=O)c1cc2cc3ccccc3nc2n2ccnc12.O=Cc1cc2ccccc2nc1Cl. The van der Waals surface area contributed by atoms with Gasteiger partial charge in [-0.15, -0.1) is 0 Å². The van der Waals surface area contributed by atoms with Gasteiger partial charge in [0.15, 0.2) is 11.9 Å². The summed E-state index contributed by atoms with van der Waals surface area (Å²) >= 11 is 5.76. The van der Waals surface area contributed by atoms with E-state index in [0.717, 1.165) is 45.0 Å². The number of hydrogen-bond donors (Lipinski definition) is 1. The van der Waals surface area contributed by atoms with Gasteiger partial charge in [0.05, 0.1) is 36.2 Å². The van der Waals surface area contributed by atoms with Crippen molar-refractivity contribution in [3.05, 3.63) is 108 Å². The molecule has 1 aliphatic rings. The maximum Gasteiger partial charge on any atom is 0.341 e. The number of aliphatic hydroxyl groups is 1. The predicted molar refractivity (Wildman–Crippen MR) is 198 cm³/mol. The lowest BCUT2D eigenvalue weighted by Crippen LogP contribution is -2.09. The van der Waals surface area contributed by atoms with E-state index in [1.165, 1.54) is 0 Å². The summed E-state index contributed by atoms with van der Waals surface area (Å²) in [5.41, 5.74) is 4.83. The van der Waals surface area contributed by atoms with Gasteiger partial charge in [-0.05, 0) is 51.1 Å². The van der Waals surface area contributed by atoms with E-state index >= 15 is 0 Å². The fraction of sp³-hybridized carbons (Fsp3) is 0.237. The van der Waals surface area contributed by atoms with E-state index in [1.54, 1.807) is 45.3 Å². The van der Waals surface area contributed by atoms with E-state index in [9.17, 15) is 14.4 Å². The van der Waals surface area contributed by atoms with Crippen molar-refractivity contribution < 1.29 is 29.0 Å². The van der Waals surface area contributed by atoms with Crippen LogP contribution in [0.5, 0.6) is 0 Å². The molecule has 7 rings (SSSR count). The van der Waals surface area contributed by atoms with Crippen molar-refractivity contribution in [1.82, 2.24) is 19.4 Å². The molecule has 6 aromatic rings. The number of nitrogens with zero attached hydrogens (tertiary/aromatic N) is 5. The van der Waals surface area contributed by atoms with Gasteiger partial charge in [-0.1, -0.05) is 61.5 Å². The van der Waals surface area contributed by atoms with E-state index < -0.39 is 0 Å². The van der Waals surface area contributed by atoms with Crippen LogP contribution in [0.15, 0.2) is 96.4 Å². The van der Waals surface area contributed by atoms with Crippen LogP contribution in [0.4, 0.5) is 0 Å². The number of para-hydroxylation sites is 2. The minimum atomic E-state index is -0.367. The number of hydrogen-bond acceptors (Lipinski definition) is 10. The number of halogens is 1. The van der Waals surface area contributed by atoms with E-state index in [4.69, 9.17) is 31.2 Å². The number of pyridine rings is 3. The predicted octanol–water partition coefficient (Wildman–Crippen LogP) is 7.85. The zero-order chi connectivity index (χ0) is 35.2. The van der Waals surface area contributed by atoms with Crippen LogP contribution in [-0.4, -0.2) is 68.2 Å². The molecule has 0 radical (unpaired) electrons. The summed E-state index contributed by atoms with van der Waals surface area (Å²) < 4.78 is 11.7. The highest BCUT2D eigenvalue weighted by atomic mass is 35.5. The third-order valence-corrected chi connectivity index (χ3v) is 7.14. The lowest BCUT2D eigenvalue weighted by molar-refractivity contribution is -0.141. The molecule has 1 N–H and O–H groups in total. The molecule has 0 unspecified atom stereocenters. The van der Waals surface area contributed by atoms with Gasteiger partial charge in [-0.2, -0.15) is 0 Å². The van der Waals surface area contributed by atoms with Gasteiger partial charge >= 0.3 is 11.9 Å². The van der Waals surface area contributed by atoms with E-state index in [-0.39, 0.29) is 31.1 Å². The van der Waals surface area contributed by atoms with Crippen LogP contribution in [0.3, 0.4) is 0 Å². The Balaban J connectivity index is 0.000000207. The number of carbonyl (C=O) groups is 3. The molecule has 0 fully saturated rings. The number of aliphatic imine (C=N–C) groups is 1. The quantitative estimate of drug-likeness (QED) is 0.0796. The van der Waals surface area contributed by atoms with E-state index in [2.05, 4.69) is 15.0 Å². The number of esters is 2. The first-order chi connectivity index (χ1) is 23.8. The van der Waals surface area contributed by atoms with Gasteiger partial charge in [0.2, 0.25) is 0 Å². The van der Waals surface area contributed by atoms with Crippen LogP contribution in [0.25, 0.3) is 38.5 Å². The van der Waals surface area contributed by atoms with Gasteiger partial charge in [-0.25, -0.2) is 19.7 Å². The van der Waals surface area contributed by atoms with Crippen molar-refractivity contribution in [1.29, 1.82) is 0 Å². The Morgan fingerprint density at radius 1 is 0.900 bits per heavy atom. The second-order valence-electron chi connectivity index (χ2n) is 10.3. The highest BCUT2D eigenvalue weighted by Gasteiger charge is 2.16. The number of ether oxygens (including phenoxy) is 2. The zero-order valence-corrected chi connectivity index (χ0v) is 28.1. The molecular weight excluding hydrogens is 658 g/mol. The van der Waals surface area contributed by atoms with Crippen molar-refractivity contribution in [3.63, 3.8) is 0 Å². The van der Waals surface area contributed by atoms with Crippen molar-refractivity contribution >= 4 is 74.0 Å². The molecule has 12 heteroatoms. The molecule has 0 saturated carbocycles. The second-order valence-corrected chi connectivity index (χ2v) is 10.6. The first-order valence-corrected chi connectivity index (χ1v) is 16.0. The fourth-order valence-electron chi connectivity index (χ4n) is 4.76. The van der Waals surface area contributed by atoms with Gasteiger partial charge < -0.3 is 14.6 Å². The normalized spacial score (nSPS) is 11.3. The van der Waals surface area contributed by atoms with Crippen LogP contribution in [0.2, 0.25) is 5.15 Å². The third kappa shape index (κ3) is 10.0. The van der Waals surface area contributed by atoms with Crippen LogP contribution in [0, 0.1) is 0 Å². The summed E-state index contributed by atoms with van der Waals surface area (Å²) in [5.74, 6) is -0.552. The highest BCUT2D eigenvalue weighted by molar-refractivity contribution is 6.32. The number of benzene rings is 2. The lowest BCUT2D eigenvalue weighted by atomic mass is 10.1. The second kappa shape index (κ2) is 19.5. The first-order valence-electron chi connectivity index (χ1n) is 15.6. The molecule has 0 saturated heterocycles. The average Bonchev–Trinajstić information content (AvgIpc) is 3.81. The molecule has 0 amide bonds. The van der Waals surface area contributed by atoms with Crippen molar-refractivity contribution in [3.8, 4) is 0 Å². The minimum Gasteiger partial charge on any atom is -0.466 e. The number of aliphatic hydroxyl groups excluding tert-OH is 1. The Kier molecular flexibility index (Phi) is 15.2. The molecule has 0 bridgehead atoms. The maximum atomic E-state index is 12.2. The molecule has 1 aliphatic heterocycles. The van der Waals surface area contributed by atoms with Gasteiger partial charge in [0.1, 0.15) is 16.4 Å². The maximum absolute atomic E-state index is 12.2. The molecule has 0 spiro atoms. The summed E-state index contributed by atoms with van der Waals surface area (Å²) in [6.07, 6.45) is 8.95. The monoisotopic (exact) mass is 697 g/mol. The third-order valence-electron chi connectivity index (χ3n) is 6.84. The zero-order valence-electron chi connectivity index (χ0n) is 27.4. The molecule has 0 atom stereocenters. The van der Waals surface area contributed by atoms with Crippen molar-refractivity contribution in [2.75, 3.05) is 19.8 Å². The molecule has 260 valence electrons. The Labute approximate surface area is 295 Å². The number of imidazole rings is 1. The van der Waals surface area contributed by atoms with Crippen LogP contribution in [-0.2, 0) is 14.3 Å². The van der Waals surface area contributed by atoms with Crippen LogP contribution < -0.4 is 0 Å². The number of rotatable bonds is 6. The lowest BCUT2D eigenvalue weighted by Gasteiger charge is -2.08. The molecule has 0 aliphatic carbocycles. The Morgan fingerprint density at radius 3 is 2.16 bits per heavy atom. The molecule has 2 aromatic carbocycles. The highest BCUT2D eigenvalue weighted by Crippen LogP contribution is 2.24. The Hall–Kier alpha value is -5.52. The standard InChI is InChI=1S/C17H13N3O2.C10H6ClNO.C8H11NO2.C2H6O.CH4/c1-2-22-17(21)13-10-12-9-11-5-3-4-6-14(11)19-15(12)20-8-7-18-16(13)20;11-10-8(6-13)5-7-3-1-2-4-9(7)12-10;1-2-11-8(10)6-7-4-3-5-9-7;1-2-3;/h3-10H,2H2,1H3;1-6H;3,5H,2,4,6H2,1H3;3H,2H2,1H3;1H4. The molecule has 4 aromatic heterocycles. The number of fused-ring (bicyclic) bond motifs is 5. The topological polar surface area (TPSA) is 145 Å². The minimum absolute atomic E-state index is 0. The fourth-order valence-corrected chi connectivity index (χ4v) is 4.95. The molecule has 50 heavy (non-hydrogen) atoms. The molecular formula is C38H40ClN5O6. The first kappa shape index (κ1) is 38.9. The summed E-state index contributed by atoms with van der Waals surface area (Å²) in [6, 6.07) is 21.0. The van der Waals surface area contributed by atoms with Gasteiger partial charge in [0.25, 0.3) is 0 Å². The number of allylic oxidation sites excluding steroid dienone is 1. The average molecular weight is 698 g/mol. The summed E-state index contributed by atoms with van der Waals surface area (Å²) in [7, 11) is 0. The van der Waals surface area contributed by atoms with Gasteiger partial charge in [-0.3, -0.25) is 19.0 Å². The summed E-state index contributed by atoms with van der Waals surface area (Å²) in [5, 5.41) is 10.7. The van der Waals surface area contributed by atoms with Crippen molar-refractivity contribution in [2.45, 2.75) is 41.0 Å².